The molecule has 0 aromatic rings. The number of carbonyl (C=O) groups excluding carboxylic acids is 1. The average Bonchev–Trinajstić information content (AvgIpc) is 2.32. The highest BCUT2D eigenvalue weighted by Crippen LogP contribution is 2.25. The molecular weight excluding hydrogens is 236 g/mol. The van der Waals surface area contributed by atoms with Gasteiger partial charge < -0.3 is 15.7 Å². The Hall–Kier alpha value is -0.680. The van der Waals surface area contributed by atoms with Crippen molar-refractivity contribution in [2.24, 2.45) is 11.1 Å². The summed E-state index contributed by atoms with van der Waals surface area (Å²) in [6.45, 7) is 6.69. The minimum absolute atomic E-state index is 0.0351. The Morgan fingerprint density at radius 3 is 2.35 bits per heavy atom. The highest BCUT2D eigenvalue weighted by molar-refractivity contribution is 7.80. The van der Waals surface area contributed by atoms with E-state index in [1.807, 2.05) is 6.92 Å². The van der Waals surface area contributed by atoms with Crippen molar-refractivity contribution in [2.75, 3.05) is 19.7 Å². The number of rotatable bonds is 8. The number of aliphatic hydroxyl groups is 1. The lowest BCUT2D eigenvalue weighted by atomic mass is 9.85. The number of hydrogen-bond donors (Lipinski definition) is 2. The second kappa shape index (κ2) is 7.61. The summed E-state index contributed by atoms with van der Waals surface area (Å²) in [5.74, 6) is -0.0741. The Morgan fingerprint density at radius 2 is 2.00 bits per heavy atom. The molecule has 1 unspecified atom stereocenters. The van der Waals surface area contributed by atoms with Crippen LogP contribution < -0.4 is 5.73 Å². The number of carbonyl (C=O) groups is 1. The SMILES string of the molecule is CCCCN(CCO)C(=O)C(C)(CC)C(N)=S. The van der Waals surface area contributed by atoms with E-state index in [0.29, 0.717) is 19.5 Å². The predicted octanol–water partition coefficient (Wildman–Crippen LogP) is 1.31. The molecule has 17 heavy (non-hydrogen) atoms. The third-order valence-corrected chi connectivity index (χ3v) is 3.61. The Morgan fingerprint density at radius 1 is 1.41 bits per heavy atom. The van der Waals surface area contributed by atoms with Crippen molar-refractivity contribution in [1.29, 1.82) is 0 Å². The van der Waals surface area contributed by atoms with Crippen molar-refractivity contribution in [3.63, 3.8) is 0 Å². The normalized spacial score (nSPS) is 14.1. The molecule has 0 radical (unpaired) electrons. The zero-order chi connectivity index (χ0) is 13.5. The van der Waals surface area contributed by atoms with E-state index in [1.165, 1.54) is 0 Å². The molecule has 1 atom stereocenters. The fraction of sp³-hybridized carbons (Fsp3) is 0.833. The Balaban J connectivity index is 4.84. The van der Waals surface area contributed by atoms with Crippen LogP contribution in [0.15, 0.2) is 0 Å². The molecule has 0 aliphatic carbocycles. The topological polar surface area (TPSA) is 66.6 Å². The molecule has 0 aromatic heterocycles. The molecule has 3 N–H and O–H groups in total. The van der Waals surface area contributed by atoms with Crippen LogP contribution in [0.25, 0.3) is 0 Å². The minimum atomic E-state index is -0.793. The van der Waals surface area contributed by atoms with E-state index < -0.39 is 5.41 Å². The van der Waals surface area contributed by atoms with Gasteiger partial charge in [0.05, 0.1) is 17.0 Å². The number of nitrogens with two attached hydrogens (primary N) is 1. The molecule has 4 nitrogen and oxygen atoms in total. The molecule has 0 saturated carbocycles. The minimum Gasteiger partial charge on any atom is -0.395 e. The summed E-state index contributed by atoms with van der Waals surface area (Å²) in [5.41, 5.74) is 4.87. The molecule has 100 valence electrons. The molecule has 0 fully saturated rings. The maximum Gasteiger partial charge on any atom is 0.235 e. The first-order valence-corrected chi connectivity index (χ1v) is 6.55. The molecular formula is C12H24N2O2S. The number of nitrogens with zero attached hydrogens (tertiary/aromatic N) is 1. The van der Waals surface area contributed by atoms with Crippen LogP contribution in [0, 0.1) is 5.41 Å². The van der Waals surface area contributed by atoms with Gasteiger partial charge in [0.15, 0.2) is 0 Å². The van der Waals surface area contributed by atoms with Crippen LogP contribution >= 0.6 is 12.2 Å². The first kappa shape index (κ1) is 16.3. The van der Waals surface area contributed by atoms with E-state index in [-0.39, 0.29) is 17.5 Å². The Labute approximate surface area is 109 Å². The van der Waals surface area contributed by atoms with Crippen LogP contribution in [-0.4, -0.2) is 40.6 Å². The summed E-state index contributed by atoms with van der Waals surface area (Å²) in [7, 11) is 0. The summed E-state index contributed by atoms with van der Waals surface area (Å²) < 4.78 is 0. The largest absolute Gasteiger partial charge is 0.395 e. The van der Waals surface area contributed by atoms with E-state index in [9.17, 15) is 4.79 Å². The van der Waals surface area contributed by atoms with Gasteiger partial charge in [-0.3, -0.25) is 4.79 Å². The van der Waals surface area contributed by atoms with Crippen LogP contribution in [0.1, 0.15) is 40.0 Å². The van der Waals surface area contributed by atoms with Gasteiger partial charge in [0.1, 0.15) is 0 Å². The zero-order valence-electron chi connectivity index (χ0n) is 11.0. The molecule has 0 bridgehead atoms. The van der Waals surface area contributed by atoms with Crippen LogP contribution in [0.3, 0.4) is 0 Å². The number of amides is 1. The standard InChI is InChI=1S/C12H24N2O2S/c1-4-6-7-14(8-9-15)11(16)12(3,5-2)10(13)17/h15H,4-9H2,1-3H3,(H2,13,17). The van der Waals surface area contributed by atoms with Crippen molar-refractivity contribution in [3.05, 3.63) is 0 Å². The monoisotopic (exact) mass is 260 g/mol. The van der Waals surface area contributed by atoms with E-state index in [1.54, 1.807) is 11.8 Å². The number of aliphatic hydroxyl groups excluding tert-OH is 1. The van der Waals surface area contributed by atoms with E-state index in [4.69, 9.17) is 23.1 Å². The second-order valence-corrected chi connectivity index (χ2v) is 4.86. The molecule has 0 saturated heterocycles. The van der Waals surface area contributed by atoms with Crippen molar-refractivity contribution in [2.45, 2.75) is 40.0 Å². The molecule has 0 rings (SSSR count). The van der Waals surface area contributed by atoms with Crippen LogP contribution in [0.5, 0.6) is 0 Å². The maximum atomic E-state index is 12.4. The van der Waals surface area contributed by atoms with E-state index in [0.717, 1.165) is 12.8 Å². The van der Waals surface area contributed by atoms with Gasteiger partial charge >= 0.3 is 0 Å². The molecule has 0 spiro atoms. The van der Waals surface area contributed by atoms with Gasteiger partial charge in [0.25, 0.3) is 0 Å². The zero-order valence-corrected chi connectivity index (χ0v) is 11.8. The lowest BCUT2D eigenvalue weighted by Crippen LogP contribution is -2.49. The Kier molecular flexibility index (Phi) is 7.30. The van der Waals surface area contributed by atoms with Crippen LogP contribution in [0.2, 0.25) is 0 Å². The van der Waals surface area contributed by atoms with Gasteiger partial charge in [-0.05, 0) is 19.8 Å². The van der Waals surface area contributed by atoms with E-state index in [2.05, 4.69) is 6.92 Å². The van der Waals surface area contributed by atoms with Crippen molar-refractivity contribution in [1.82, 2.24) is 4.90 Å². The molecule has 0 aliphatic rings. The van der Waals surface area contributed by atoms with E-state index >= 15 is 0 Å². The summed E-state index contributed by atoms with van der Waals surface area (Å²) in [6.07, 6.45) is 2.50. The van der Waals surface area contributed by atoms with Gasteiger partial charge in [-0.1, -0.05) is 32.5 Å². The Bertz CT molecular complexity index is 271. The fourth-order valence-corrected chi connectivity index (χ4v) is 1.80. The molecule has 0 heterocycles. The number of unbranched alkanes of at least 4 members (excludes halogenated alkanes) is 1. The first-order valence-electron chi connectivity index (χ1n) is 6.14. The third kappa shape index (κ3) is 4.24. The molecule has 5 heteroatoms. The third-order valence-electron chi connectivity index (χ3n) is 3.16. The van der Waals surface area contributed by atoms with Crippen LogP contribution in [-0.2, 0) is 4.79 Å². The summed E-state index contributed by atoms with van der Waals surface area (Å²) in [6, 6.07) is 0. The van der Waals surface area contributed by atoms with Crippen molar-refractivity contribution < 1.29 is 9.90 Å². The highest BCUT2D eigenvalue weighted by atomic mass is 32.1. The lowest BCUT2D eigenvalue weighted by Gasteiger charge is -2.33. The quantitative estimate of drug-likeness (QED) is 0.646. The highest BCUT2D eigenvalue weighted by Gasteiger charge is 2.37. The fourth-order valence-electron chi connectivity index (χ4n) is 1.56. The van der Waals surface area contributed by atoms with Gasteiger partial charge in [-0.15, -0.1) is 0 Å². The molecule has 0 aromatic carbocycles. The van der Waals surface area contributed by atoms with Gasteiger partial charge in [-0.25, -0.2) is 0 Å². The summed E-state index contributed by atoms with van der Waals surface area (Å²) >= 11 is 4.99. The lowest BCUT2D eigenvalue weighted by molar-refractivity contribution is -0.138. The number of thiocarbonyl (C=S) groups is 1. The number of hydrogen-bond acceptors (Lipinski definition) is 3. The van der Waals surface area contributed by atoms with Crippen LogP contribution in [0.4, 0.5) is 0 Å². The van der Waals surface area contributed by atoms with Crippen molar-refractivity contribution >= 4 is 23.1 Å². The van der Waals surface area contributed by atoms with Gasteiger partial charge in [-0.2, -0.15) is 0 Å². The summed E-state index contributed by atoms with van der Waals surface area (Å²) in [5, 5.41) is 9.00. The molecule has 0 aliphatic heterocycles. The molecule has 1 amide bonds. The predicted molar refractivity (Wildman–Crippen MR) is 73.8 cm³/mol. The summed E-state index contributed by atoms with van der Waals surface area (Å²) in [4.78, 5) is 14.3. The smallest absolute Gasteiger partial charge is 0.235 e. The van der Waals surface area contributed by atoms with Gasteiger partial charge in [0, 0.05) is 13.1 Å². The average molecular weight is 260 g/mol. The van der Waals surface area contributed by atoms with Crippen molar-refractivity contribution in [3.8, 4) is 0 Å². The van der Waals surface area contributed by atoms with Gasteiger partial charge in [0.2, 0.25) is 5.91 Å². The maximum absolute atomic E-state index is 12.4. The second-order valence-electron chi connectivity index (χ2n) is 4.42. The first-order chi connectivity index (χ1) is 7.93.